The summed E-state index contributed by atoms with van der Waals surface area (Å²) in [4.78, 5) is 12.6. The Hall–Kier alpha value is -3.28. The third kappa shape index (κ3) is 7.10. The highest BCUT2D eigenvalue weighted by atomic mass is 35.5. The van der Waals surface area contributed by atoms with Gasteiger partial charge >= 0.3 is 0 Å². The van der Waals surface area contributed by atoms with Crippen LogP contribution in [0.1, 0.15) is 6.92 Å². The number of nitrogens with one attached hydrogen (secondary N) is 2. The molecule has 186 valence electrons. The number of sulfonamides is 2. The zero-order chi connectivity index (χ0) is 25.6. The Morgan fingerprint density at radius 1 is 0.914 bits per heavy atom. The van der Waals surface area contributed by atoms with Crippen molar-refractivity contribution in [3.63, 3.8) is 0 Å². The lowest BCUT2D eigenvalue weighted by Gasteiger charge is -2.24. The van der Waals surface area contributed by atoms with Crippen LogP contribution < -0.4 is 19.1 Å². The molecule has 9 nitrogen and oxygen atoms in total. The van der Waals surface area contributed by atoms with Crippen LogP contribution in [0.15, 0.2) is 77.7 Å². The summed E-state index contributed by atoms with van der Waals surface area (Å²) in [5.74, 6) is -0.285. The number of hydrogen-bond acceptors (Lipinski definition) is 6. The molecule has 0 aliphatic rings. The Labute approximate surface area is 209 Å². The number of carbonyl (C=O) groups is 1. The van der Waals surface area contributed by atoms with Crippen LogP contribution in [0.2, 0.25) is 5.02 Å². The third-order valence-electron chi connectivity index (χ3n) is 4.67. The number of hydrogen-bond donors (Lipinski definition) is 2. The molecule has 0 aliphatic carbocycles. The fourth-order valence-corrected chi connectivity index (χ4v) is 5.15. The van der Waals surface area contributed by atoms with Gasteiger partial charge in [-0.25, -0.2) is 16.8 Å². The minimum atomic E-state index is -3.86. The second-order valence-corrected chi connectivity index (χ2v) is 11.4. The summed E-state index contributed by atoms with van der Waals surface area (Å²) < 4.78 is 58.9. The zero-order valence-corrected chi connectivity index (χ0v) is 21.3. The van der Waals surface area contributed by atoms with Crippen LogP contribution >= 0.6 is 11.6 Å². The molecule has 0 spiro atoms. The first-order valence-corrected chi connectivity index (χ1v) is 14.1. The average molecular weight is 538 g/mol. The molecule has 0 heterocycles. The second-order valence-electron chi connectivity index (χ2n) is 7.36. The lowest BCUT2D eigenvalue weighted by molar-refractivity contribution is -0.114. The maximum atomic E-state index is 12.7. The van der Waals surface area contributed by atoms with Gasteiger partial charge in [0.15, 0.2) is 0 Å². The van der Waals surface area contributed by atoms with E-state index in [1.54, 1.807) is 43.3 Å². The molecule has 2 N–H and O–H groups in total. The molecule has 0 saturated heterocycles. The van der Waals surface area contributed by atoms with Crippen molar-refractivity contribution in [1.82, 2.24) is 0 Å². The minimum absolute atomic E-state index is 0.0196. The van der Waals surface area contributed by atoms with Crippen LogP contribution in [0.5, 0.6) is 5.75 Å². The number of amides is 1. The Kier molecular flexibility index (Phi) is 8.26. The largest absolute Gasteiger partial charge is 0.492 e. The molecule has 0 unspecified atom stereocenters. The van der Waals surface area contributed by atoms with Crippen molar-refractivity contribution in [2.45, 2.75) is 11.8 Å². The number of para-hydroxylation sites is 2. The first kappa shape index (κ1) is 26.3. The van der Waals surface area contributed by atoms with E-state index in [2.05, 4.69) is 10.0 Å². The molecule has 3 aromatic carbocycles. The van der Waals surface area contributed by atoms with Gasteiger partial charge in [0, 0.05) is 16.4 Å². The van der Waals surface area contributed by atoms with Crippen LogP contribution in [0.3, 0.4) is 0 Å². The normalized spacial score (nSPS) is 11.5. The maximum absolute atomic E-state index is 12.7. The molecule has 3 rings (SSSR count). The van der Waals surface area contributed by atoms with Gasteiger partial charge in [-0.15, -0.1) is 0 Å². The summed E-state index contributed by atoms with van der Waals surface area (Å²) >= 11 is 5.82. The molecule has 0 fully saturated rings. The van der Waals surface area contributed by atoms with Crippen molar-refractivity contribution < 1.29 is 26.4 Å². The first-order chi connectivity index (χ1) is 16.5. The second kappa shape index (κ2) is 11.0. The molecule has 0 saturated carbocycles. The highest BCUT2D eigenvalue weighted by molar-refractivity contribution is 7.92. The van der Waals surface area contributed by atoms with Crippen molar-refractivity contribution in [2.75, 3.05) is 33.8 Å². The van der Waals surface area contributed by atoms with Gasteiger partial charge < -0.3 is 10.1 Å². The van der Waals surface area contributed by atoms with Gasteiger partial charge in [0.05, 0.1) is 23.4 Å². The Morgan fingerprint density at radius 2 is 1.51 bits per heavy atom. The van der Waals surface area contributed by atoms with Crippen molar-refractivity contribution in [3.8, 4) is 5.75 Å². The van der Waals surface area contributed by atoms with E-state index in [1.807, 2.05) is 0 Å². The lowest BCUT2D eigenvalue weighted by Crippen LogP contribution is -2.37. The predicted octanol–water partition coefficient (Wildman–Crippen LogP) is 3.94. The summed E-state index contributed by atoms with van der Waals surface area (Å²) in [5, 5.41) is 3.06. The van der Waals surface area contributed by atoms with Gasteiger partial charge in [0.1, 0.15) is 12.3 Å². The summed E-state index contributed by atoms with van der Waals surface area (Å²) in [6.45, 7) is 1.59. The fourth-order valence-electron chi connectivity index (χ4n) is 3.10. The Morgan fingerprint density at radius 3 is 2.11 bits per heavy atom. The van der Waals surface area contributed by atoms with E-state index in [0.717, 1.165) is 10.6 Å². The number of anilines is 3. The molecule has 0 atom stereocenters. The summed E-state index contributed by atoms with van der Waals surface area (Å²) in [7, 11) is -7.67. The first-order valence-electron chi connectivity index (χ1n) is 10.4. The summed E-state index contributed by atoms with van der Waals surface area (Å²) in [6.07, 6.45) is 0.996. The highest BCUT2D eigenvalue weighted by Crippen LogP contribution is 2.30. The van der Waals surface area contributed by atoms with Gasteiger partial charge in [-0.3, -0.25) is 13.8 Å². The third-order valence-corrected chi connectivity index (χ3v) is 7.44. The van der Waals surface area contributed by atoms with Crippen molar-refractivity contribution in [3.05, 3.63) is 77.8 Å². The van der Waals surface area contributed by atoms with Gasteiger partial charge in [-0.2, -0.15) is 0 Å². The van der Waals surface area contributed by atoms with E-state index < -0.39 is 32.5 Å². The number of halogens is 1. The zero-order valence-electron chi connectivity index (χ0n) is 18.9. The number of ether oxygens (including phenoxy) is 1. The standard InChI is InChI=1S/C23H24ClN3O6S2/c1-3-33-22-7-5-4-6-21(22)27(34(2,29)30)16-23(28)25-18-12-14-20(15-13-18)35(31,32)26-19-10-8-17(24)9-11-19/h4-15,26H,3,16H2,1-2H3,(H,25,28). The average Bonchev–Trinajstić information content (AvgIpc) is 2.79. The predicted molar refractivity (Wildman–Crippen MR) is 137 cm³/mol. The van der Waals surface area contributed by atoms with Crippen molar-refractivity contribution >= 4 is 54.6 Å². The van der Waals surface area contributed by atoms with Crippen LogP contribution in [0, 0.1) is 0 Å². The molecule has 35 heavy (non-hydrogen) atoms. The maximum Gasteiger partial charge on any atom is 0.261 e. The van der Waals surface area contributed by atoms with Gasteiger partial charge in [0.2, 0.25) is 15.9 Å². The number of rotatable bonds is 10. The molecule has 0 aromatic heterocycles. The van der Waals surface area contributed by atoms with Gasteiger partial charge in [-0.05, 0) is 67.6 Å². The van der Waals surface area contributed by atoms with Crippen LogP contribution in [0.25, 0.3) is 0 Å². The molecule has 0 bridgehead atoms. The van der Waals surface area contributed by atoms with Crippen molar-refractivity contribution in [1.29, 1.82) is 0 Å². The Balaban J connectivity index is 1.73. The SMILES string of the molecule is CCOc1ccccc1N(CC(=O)Nc1ccc(S(=O)(=O)Nc2ccc(Cl)cc2)cc1)S(C)(=O)=O. The highest BCUT2D eigenvalue weighted by Gasteiger charge is 2.24. The van der Waals surface area contributed by atoms with Gasteiger partial charge in [-0.1, -0.05) is 23.7 Å². The molecular formula is C23H24ClN3O6S2. The van der Waals surface area contributed by atoms with E-state index in [4.69, 9.17) is 16.3 Å². The Bertz CT molecular complexity index is 1390. The van der Waals surface area contributed by atoms with Crippen LogP contribution in [-0.2, 0) is 24.8 Å². The quantitative estimate of drug-likeness (QED) is 0.404. The molecule has 12 heteroatoms. The van der Waals surface area contributed by atoms with Crippen LogP contribution in [0.4, 0.5) is 17.1 Å². The van der Waals surface area contributed by atoms with Crippen LogP contribution in [-0.4, -0.2) is 42.2 Å². The summed E-state index contributed by atoms with van der Waals surface area (Å²) in [5.41, 5.74) is 0.883. The van der Waals surface area contributed by atoms with E-state index in [0.29, 0.717) is 28.8 Å². The van der Waals surface area contributed by atoms with E-state index >= 15 is 0 Å². The minimum Gasteiger partial charge on any atom is -0.492 e. The molecule has 1 amide bonds. The smallest absolute Gasteiger partial charge is 0.261 e. The number of nitrogens with zero attached hydrogens (tertiary/aromatic N) is 1. The molecule has 0 radical (unpaired) electrons. The van der Waals surface area contributed by atoms with E-state index in [1.165, 1.54) is 36.4 Å². The molecular weight excluding hydrogens is 514 g/mol. The van der Waals surface area contributed by atoms with E-state index in [9.17, 15) is 21.6 Å². The van der Waals surface area contributed by atoms with E-state index in [-0.39, 0.29) is 10.6 Å². The number of benzene rings is 3. The summed E-state index contributed by atoms with van der Waals surface area (Å²) in [6, 6.07) is 18.2. The molecule has 3 aromatic rings. The van der Waals surface area contributed by atoms with Gasteiger partial charge in [0.25, 0.3) is 10.0 Å². The lowest BCUT2D eigenvalue weighted by atomic mass is 10.3. The topological polar surface area (TPSA) is 122 Å². The number of carbonyl (C=O) groups excluding carboxylic acids is 1. The molecule has 0 aliphatic heterocycles. The van der Waals surface area contributed by atoms with Crippen molar-refractivity contribution in [2.24, 2.45) is 0 Å². The monoisotopic (exact) mass is 537 g/mol. The fraction of sp³-hybridized carbons (Fsp3) is 0.174.